The maximum Gasteiger partial charge on any atom is 0.330 e. The highest BCUT2D eigenvalue weighted by atomic mass is 35.5. The van der Waals surface area contributed by atoms with Gasteiger partial charge in [0.1, 0.15) is 11.3 Å². The Morgan fingerprint density at radius 1 is 1.20 bits per heavy atom. The molecule has 0 spiro atoms. The first-order chi connectivity index (χ1) is 11.9. The van der Waals surface area contributed by atoms with Crippen LogP contribution in [0.3, 0.4) is 0 Å². The van der Waals surface area contributed by atoms with E-state index < -0.39 is 11.4 Å². The lowest BCUT2D eigenvalue weighted by Crippen LogP contribution is -2.66. The summed E-state index contributed by atoms with van der Waals surface area (Å²) in [6.45, 7) is 5.27. The van der Waals surface area contributed by atoms with Crippen LogP contribution in [0.5, 0.6) is 0 Å². The number of fused-ring (bicyclic) bond motifs is 1. The number of amidine groups is 1. The fraction of sp³-hybridized carbons (Fsp3) is 0.471. The summed E-state index contributed by atoms with van der Waals surface area (Å²) in [5, 5.41) is 3.48. The molecule has 0 unspecified atom stereocenters. The van der Waals surface area contributed by atoms with Crippen LogP contribution in [-0.4, -0.2) is 40.9 Å². The number of halogens is 2. The van der Waals surface area contributed by atoms with Crippen molar-refractivity contribution in [3.05, 3.63) is 33.8 Å². The highest BCUT2D eigenvalue weighted by molar-refractivity contribution is 6.42. The van der Waals surface area contributed by atoms with Crippen LogP contribution >= 0.6 is 23.2 Å². The number of urea groups is 1. The third-order valence-electron chi connectivity index (χ3n) is 4.94. The van der Waals surface area contributed by atoms with Crippen molar-refractivity contribution in [3.8, 4) is 0 Å². The molecule has 0 aromatic heterocycles. The summed E-state index contributed by atoms with van der Waals surface area (Å²) in [4.78, 5) is 32.9. The summed E-state index contributed by atoms with van der Waals surface area (Å²) in [5.74, 6) is 0.326. The number of amides is 3. The van der Waals surface area contributed by atoms with Gasteiger partial charge < -0.3 is 0 Å². The zero-order chi connectivity index (χ0) is 18.2. The minimum absolute atomic E-state index is 0.254. The summed E-state index contributed by atoms with van der Waals surface area (Å²) in [6, 6.07) is 5.05. The second-order valence-electron chi connectivity index (χ2n) is 6.32. The first-order valence-electron chi connectivity index (χ1n) is 8.25. The van der Waals surface area contributed by atoms with Gasteiger partial charge in [-0.1, -0.05) is 43.1 Å². The van der Waals surface area contributed by atoms with E-state index in [0.717, 1.165) is 5.56 Å². The molecule has 0 radical (unpaired) electrons. The number of carbonyl (C=O) groups is 2. The number of nitrogens with zero attached hydrogens (tertiary/aromatic N) is 3. The molecule has 3 amide bonds. The fourth-order valence-electron chi connectivity index (χ4n) is 3.40. The van der Waals surface area contributed by atoms with Gasteiger partial charge in [0.2, 0.25) is 5.91 Å². The summed E-state index contributed by atoms with van der Waals surface area (Å²) >= 11 is 12.0. The number of nitrogens with one attached hydrogen (secondary N) is 1. The molecule has 0 atom stereocenters. The minimum Gasteiger partial charge on any atom is -0.277 e. The Balaban J connectivity index is 1.84. The average Bonchev–Trinajstić information content (AvgIpc) is 2.60. The zero-order valence-corrected chi connectivity index (χ0v) is 15.7. The van der Waals surface area contributed by atoms with E-state index in [4.69, 9.17) is 23.2 Å². The van der Waals surface area contributed by atoms with Crippen molar-refractivity contribution in [3.63, 3.8) is 0 Å². The van der Waals surface area contributed by atoms with Crippen molar-refractivity contribution in [1.82, 2.24) is 15.1 Å². The van der Waals surface area contributed by atoms with E-state index in [9.17, 15) is 9.59 Å². The molecule has 1 aromatic carbocycles. The van der Waals surface area contributed by atoms with E-state index in [2.05, 4.69) is 10.3 Å². The van der Waals surface area contributed by atoms with Crippen LogP contribution in [0.25, 0.3) is 0 Å². The average molecular weight is 383 g/mol. The molecule has 0 aliphatic carbocycles. The largest absolute Gasteiger partial charge is 0.330 e. The van der Waals surface area contributed by atoms with Crippen LogP contribution in [0.15, 0.2) is 23.2 Å². The topological polar surface area (TPSA) is 65.0 Å². The van der Waals surface area contributed by atoms with Crippen molar-refractivity contribution in [2.75, 3.05) is 13.3 Å². The SMILES string of the molecule is CCC1(CC)C(=O)NC(=O)N2CN(Cc3ccc(Cl)c(Cl)c3)CN=C21. The van der Waals surface area contributed by atoms with E-state index in [-0.39, 0.29) is 5.91 Å². The number of carbonyl (C=O) groups excluding carboxylic acids is 2. The van der Waals surface area contributed by atoms with Crippen LogP contribution in [0.2, 0.25) is 10.0 Å². The lowest BCUT2D eigenvalue weighted by atomic mass is 9.78. The van der Waals surface area contributed by atoms with Gasteiger partial charge in [-0.05, 0) is 30.5 Å². The van der Waals surface area contributed by atoms with Gasteiger partial charge in [-0.25, -0.2) is 4.79 Å². The quantitative estimate of drug-likeness (QED) is 0.866. The summed E-state index contributed by atoms with van der Waals surface area (Å²) in [6.07, 6.45) is 1.20. The molecular weight excluding hydrogens is 363 g/mol. The molecule has 2 aliphatic heterocycles. The van der Waals surface area contributed by atoms with E-state index in [1.165, 1.54) is 0 Å². The summed E-state index contributed by atoms with van der Waals surface area (Å²) < 4.78 is 0. The number of hydrogen-bond acceptors (Lipinski definition) is 4. The van der Waals surface area contributed by atoms with E-state index in [1.54, 1.807) is 11.0 Å². The molecule has 3 rings (SSSR count). The normalized spacial score (nSPS) is 20.2. The molecule has 1 fully saturated rings. The maximum absolute atomic E-state index is 12.4. The molecule has 6 nitrogen and oxygen atoms in total. The Labute approximate surface area is 156 Å². The fourth-order valence-corrected chi connectivity index (χ4v) is 3.72. The van der Waals surface area contributed by atoms with E-state index >= 15 is 0 Å². The number of benzene rings is 1. The van der Waals surface area contributed by atoms with Gasteiger partial charge >= 0.3 is 6.03 Å². The van der Waals surface area contributed by atoms with E-state index in [0.29, 0.717) is 48.6 Å². The summed E-state index contributed by atoms with van der Waals surface area (Å²) in [5.41, 5.74) is 0.252. The molecule has 1 aromatic rings. The van der Waals surface area contributed by atoms with Gasteiger partial charge in [-0.2, -0.15) is 0 Å². The second-order valence-corrected chi connectivity index (χ2v) is 7.13. The van der Waals surface area contributed by atoms with Gasteiger partial charge in [0.25, 0.3) is 0 Å². The molecule has 2 heterocycles. The summed E-state index contributed by atoms with van der Waals surface area (Å²) in [7, 11) is 0. The van der Waals surface area contributed by atoms with Crippen molar-refractivity contribution >= 4 is 41.0 Å². The molecule has 134 valence electrons. The van der Waals surface area contributed by atoms with E-state index in [1.807, 2.05) is 30.9 Å². The second kappa shape index (κ2) is 6.94. The monoisotopic (exact) mass is 382 g/mol. The maximum atomic E-state index is 12.4. The zero-order valence-electron chi connectivity index (χ0n) is 14.2. The van der Waals surface area contributed by atoms with Gasteiger partial charge in [0.15, 0.2) is 0 Å². The Hall–Kier alpha value is -1.63. The number of imide groups is 1. The first-order valence-corrected chi connectivity index (χ1v) is 9.01. The Kier molecular flexibility index (Phi) is 5.04. The number of aliphatic imine (C=N–C) groups is 1. The number of hydrogen-bond donors (Lipinski definition) is 1. The van der Waals surface area contributed by atoms with Crippen molar-refractivity contribution in [1.29, 1.82) is 0 Å². The lowest BCUT2D eigenvalue weighted by Gasteiger charge is -2.45. The highest BCUT2D eigenvalue weighted by Crippen LogP contribution is 2.35. The molecule has 25 heavy (non-hydrogen) atoms. The predicted octanol–water partition coefficient (Wildman–Crippen LogP) is 3.48. The molecular formula is C17H20Cl2N4O2. The van der Waals surface area contributed by atoms with Crippen LogP contribution < -0.4 is 5.32 Å². The van der Waals surface area contributed by atoms with Gasteiger partial charge in [0.05, 0.1) is 23.4 Å². The van der Waals surface area contributed by atoms with Gasteiger partial charge in [0, 0.05) is 6.54 Å². The van der Waals surface area contributed by atoms with Gasteiger partial charge in [-0.3, -0.25) is 24.9 Å². The molecule has 1 saturated heterocycles. The van der Waals surface area contributed by atoms with Gasteiger partial charge in [-0.15, -0.1) is 0 Å². The third kappa shape index (κ3) is 3.14. The van der Waals surface area contributed by atoms with Crippen LogP contribution in [0, 0.1) is 5.41 Å². The Morgan fingerprint density at radius 3 is 2.56 bits per heavy atom. The van der Waals surface area contributed by atoms with Crippen molar-refractivity contribution in [2.24, 2.45) is 10.4 Å². The molecule has 0 saturated carbocycles. The third-order valence-corrected chi connectivity index (χ3v) is 5.68. The van der Waals surface area contributed by atoms with Crippen molar-refractivity contribution < 1.29 is 9.59 Å². The Bertz CT molecular complexity index is 746. The highest BCUT2D eigenvalue weighted by Gasteiger charge is 2.50. The smallest absolute Gasteiger partial charge is 0.277 e. The predicted molar refractivity (Wildman–Crippen MR) is 97.6 cm³/mol. The number of rotatable bonds is 4. The minimum atomic E-state index is -0.733. The first kappa shape index (κ1) is 18.2. The molecule has 8 heteroatoms. The van der Waals surface area contributed by atoms with Crippen LogP contribution in [0.1, 0.15) is 32.3 Å². The lowest BCUT2D eigenvalue weighted by molar-refractivity contribution is -0.128. The molecule has 1 N–H and O–H groups in total. The Morgan fingerprint density at radius 2 is 1.92 bits per heavy atom. The van der Waals surface area contributed by atoms with Crippen LogP contribution in [-0.2, 0) is 11.3 Å². The standard InChI is InChI=1S/C17H20Cl2N4O2/c1-3-17(4-2)14-20-9-22(10-23(14)16(25)21-15(17)24)8-11-5-6-12(18)13(19)7-11/h5-7H,3-4,8-10H2,1-2H3,(H,21,24,25). The van der Waals surface area contributed by atoms with Crippen molar-refractivity contribution in [2.45, 2.75) is 33.2 Å². The molecule has 0 bridgehead atoms. The van der Waals surface area contributed by atoms with Crippen LogP contribution in [0.4, 0.5) is 4.79 Å². The molecule has 2 aliphatic rings.